The molecule has 2 rings (SSSR count). The van der Waals surface area contributed by atoms with Crippen molar-refractivity contribution < 1.29 is 0 Å². The lowest BCUT2D eigenvalue weighted by atomic mass is 9.91. The first-order chi connectivity index (χ1) is 9.24. The van der Waals surface area contributed by atoms with Crippen LogP contribution in [0.4, 0.5) is 0 Å². The molecular weight excluding hydrogens is 232 g/mol. The van der Waals surface area contributed by atoms with Crippen molar-refractivity contribution in [3.63, 3.8) is 0 Å². The summed E-state index contributed by atoms with van der Waals surface area (Å²) in [5, 5.41) is 0. The van der Waals surface area contributed by atoms with Crippen molar-refractivity contribution in [1.29, 1.82) is 0 Å². The third-order valence-corrected chi connectivity index (χ3v) is 4.64. The van der Waals surface area contributed by atoms with Gasteiger partial charge >= 0.3 is 0 Å². The number of nitrogens with two attached hydrogens (primary N) is 1. The van der Waals surface area contributed by atoms with Gasteiger partial charge in [-0.1, -0.05) is 56.5 Å². The van der Waals surface area contributed by atoms with E-state index in [1.54, 1.807) is 0 Å². The fourth-order valence-electron chi connectivity index (χ4n) is 3.45. The highest BCUT2D eigenvalue weighted by atomic mass is 15.2. The van der Waals surface area contributed by atoms with Crippen LogP contribution in [0, 0.1) is 0 Å². The van der Waals surface area contributed by atoms with Crippen LogP contribution in [-0.2, 0) is 0 Å². The Kier molecular flexibility index (Phi) is 5.41. The Labute approximate surface area is 118 Å². The highest BCUT2D eigenvalue weighted by molar-refractivity contribution is 5.20. The van der Waals surface area contributed by atoms with Crippen molar-refractivity contribution in [3.05, 3.63) is 35.9 Å². The van der Waals surface area contributed by atoms with Crippen LogP contribution < -0.4 is 5.73 Å². The van der Waals surface area contributed by atoms with Crippen molar-refractivity contribution in [2.75, 3.05) is 6.54 Å². The molecule has 2 nitrogen and oxygen atoms in total. The van der Waals surface area contributed by atoms with Gasteiger partial charge in [-0.25, -0.2) is 0 Å². The molecule has 0 bridgehead atoms. The van der Waals surface area contributed by atoms with Crippen molar-refractivity contribution in [1.82, 2.24) is 4.90 Å². The van der Waals surface area contributed by atoms with Gasteiger partial charge in [-0.15, -0.1) is 0 Å². The molecule has 0 aliphatic heterocycles. The minimum absolute atomic E-state index is 0.114. The minimum atomic E-state index is 0.114. The summed E-state index contributed by atoms with van der Waals surface area (Å²) < 4.78 is 0. The summed E-state index contributed by atoms with van der Waals surface area (Å²) in [6.07, 6.45) is 6.87. The third kappa shape index (κ3) is 3.58. The SMILES string of the molecule is CCN(C1CCCCC1)C(C)C(N)c1ccccc1. The zero-order valence-corrected chi connectivity index (χ0v) is 12.4. The van der Waals surface area contributed by atoms with Crippen LogP contribution in [0.3, 0.4) is 0 Å². The van der Waals surface area contributed by atoms with E-state index >= 15 is 0 Å². The maximum Gasteiger partial charge on any atom is 0.0450 e. The molecular formula is C17H28N2. The van der Waals surface area contributed by atoms with E-state index in [2.05, 4.69) is 49.1 Å². The first-order valence-corrected chi connectivity index (χ1v) is 7.80. The lowest BCUT2D eigenvalue weighted by molar-refractivity contribution is 0.104. The van der Waals surface area contributed by atoms with Gasteiger partial charge in [0.05, 0.1) is 0 Å². The lowest BCUT2D eigenvalue weighted by Crippen LogP contribution is -2.47. The maximum absolute atomic E-state index is 6.48. The van der Waals surface area contributed by atoms with E-state index in [1.165, 1.54) is 37.7 Å². The van der Waals surface area contributed by atoms with E-state index < -0.39 is 0 Å². The Morgan fingerprint density at radius 1 is 1.16 bits per heavy atom. The van der Waals surface area contributed by atoms with Gasteiger partial charge in [0, 0.05) is 18.1 Å². The molecule has 1 aromatic rings. The van der Waals surface area contributed by atoms with Crippen LogP contribution in [0.2, 0.25) is 0 Å². The van der Waals surface area contributed by atoms with Gasteiger partial charge in [0.15, 0.2) is 0 Å². The monoisotopic (exact) mass is 260 g/mol. The highest BCUT2D eigenvalue weighted by Gasteiger charge is 2.27. The number of nitrogens with zero attached hydrogens (tertiary/aromatic N) is 1. The van der Waals surface area contributed by atoms with E-state index in [-0.39, 0.29) is 6.04 Å². The molecule has 2 heteroatoms. The van der Waals surface area contributed by atoms with Gasteiger partial charge in [0.2, 0.25) is 0 Å². The summed E-state index contributed by atoms with van der Waals surface area (Å²) in [6, 6.07) is 11.8. The number of rotatable bonds is 5. The Morgan fingerprint density at radius 2 is 1.79 bits per heavy atom. The molecule has 2 unspecified atom stereocenters. The summed E-state index contributed by atoms with van der Waals surface area (Å²) >= 11 is 0. The van der Waals surface area contributed by atoms with Gasteiger partial charge in [-0.05, 0) is 31.9 Å². The van der Waals surface area contributed by atoms with Crippen LogP contribution in [-0.4, -0.2) is 23.5 Å². The second-order valence-electron chi connectivity index (χ2n) is 5.80. The molecule has 19 heavy (non-hydrogen) atoms. The van der Waals surface area contributed by atoms with E-state index in [0.29, 0.717) is 6.04 Å². The van der Waals surface area contributed by atoms with Crippen molar-refractivity contribution in [2.45, 2.75) is 64.1 Å². The fourth-order valence-corrected chi connectivity index (χ4v) is 3.45. The van der Waals surface area contributed by atoms with Crippen molar-refractivity contribution >= 4 is 0 Å². The number of likely N-dealkylation sites (N-methyl/N-ethyl adjacent to an activating group) is 1. The van der Waals surface area contributed by atoms with Crippen molar-refractivity contribution in [3.8, 4) is 0 Å². The summed E-state index contributed by atoms with van der Waals surface area (Å²) in [5.41, 5.74) is 7.73. The molecule has 1 saturated carbocycles. The molecule has 0 amide bonds. The summed E-state index contributed by atoms with van der Waals surface area (Å²) in [4.78, 5) is 2.62. The molecule has 0 spiro atoms. The molecule has 0 saturated heterocycles. The Bertz CT molecular complexity index is 357. The molecule has 1 aliphatic rings. The largest absolute Gasteiger partial charge is 0.323 e. The average molecular weight is 260 g/mol. The Balaban J connectivity index is 2.05. The summed E-state index contributed by atoms with van der Waals surface area (Å²) in [5.74, 6) is 0. The van der Waals surface area contributed by atoms with Crippen LogP contribution in [0.15, 0.2) is 30.3 Å². The average Bonchev–Trinajstić information content (AvgIpc) is 2.49. The molecule has 1 aromatic carbocycles. The fraction of sp³-hybridized carbons (Fsp3) is 0.647. The minimum Gasteiger partial charge on any atom is -0.323 e. The third-order valence-electron chi connectivity index (χ3n) is 4.64. The first-order valence-electron chi connectivity index (χ1n) is 7.80. The second kappa shape index (κ2) is 7.06. The van der Waals surface area contributed by atoms with Gasteiger partial charge in [0.1, 0.15) is 0 Å². The van der Waals surface area contributed by atoms with E-state index in [9.17, 15) is 0 Å². The second-order valence-corrected chi connectivity index (χ2v) is 5.80. The van der Waals surface area contributed by atoms with E-state index in [1.807, 2.05) is 0 Å². The highest BCUT2D eigenvalue weighted by Crippen LogP contribution is 2.27. The molecule has 0 heterocycles. The predicted octanol–water partition coefficient (Wildman–Crippen LogP) is 3.73. The number of benzene rings is 1. The maximum atomic E-state index is 6.48. The summed E-state index contributed by atoms with van der Waals surface area (Å²) in [6.45, 7) is 5.66. The van der Waals surface area contributed by atoms with Crippen LogP contribution >= 0.6 is 0 Å². The molecule has 2 N–H and O–H groups in total. The lowest BCUT2D eigenvalue weighted by Gasteiger charge is -2.40. The smallest absolute Gasteiger partial charge is 0.0450 e. The zero-order valence-electron chi connectivity index (χ0n) is 12.4. The van der Waals surface area contributed by atoms with Crippen LogP contribution in [0.25, 0.3) is 0 Å². The van der Waals surface area contributed by atoms with Gasteiger partial charge in [-0.3, -0.25) is 4.90 Å². The van der Waals surface area contributed by atoms with E-state index in [4.69, 9.17) is 5.73 Å². The quantitative estimate of drug-likeness (QED) is 0.874. The molecule has 0 radical (unpaired) electrons. The topological polar surface area (TPSA) is 29.3 Å². The van der Waals surface area contributed by atoms with Gasteiger partial charge in [0.25, 0.3) is 0 Å². The molecule has 1 aliphatic carbocycles. The molecule has 2 atom stereocenters. The Hall–Kier alpha value is -0.860. The first kappa shape index (κ1) is 14.5. The molecule has 1 fully saturated rings. The predicted molar refractivity (Wildman–Crippen MR) is 82.1 cm³/mol. The molecule has 106 valence electrons. The molecule has 0 aromatic heterocycles. The number of hydrogen-bond donors (Lipinski definition) is 1. The van der Waals surface area contributed by atoms with Crippen LogP contribution in [0.5, 0.6) is 0 Å². The number of hydrogen-bond acceptors (Lipinski definition) is 2. The van der Waals surface area contributed by atoms with Crippen LogP contribution in [0.1, 0.15) is 57.6 Å². The van der Waals surface area contributed by atoms with Crippen molar-refractivity contribution in [2.24, 2.45) is 5.73 Å². The van der Waals surface area contributed by atoms with Gasteiger partial charge in [-0.2, -0.15) is 0 Å². The summed E-state index contributed by atoms with van der Waals surface area (Å²) in [7, 11) is 0. The normalized spacial score (nSPS) is 20.4. The zero-order chi connectivity index (χ0) is 13.7. The Morgan fingerprint density at radius 3 is 2.37 bits per heavy atom. The van der Waals surface area contributed by atoms with Gasteiger partial charge < -0.3 is 5.73 Å². The van der Waals surface area contributed by atoms with E-state index in [0.717, 1.165) is 12.6 Å². The standard InChI is InChI=1S/C17H28N2/c1-3-19(16-12-8-5-9-13-16)14(2)17(18)15-10-6-4-7-11-15/h4,6-7,10-11,14,16-17H,3,5,8-9,12-13,18H2,1-2H3.